The second kappa shape index (κ2) is 8.16. The number of rotatable bonds is 5. The van der Waals surface area contributed by atoms with Gasteiger partial charge in [-0.1, -0.05) is 0 Å². The average Bonchev–Trinajstić information content (AvgIpc) is 2.43. The molecule has 6 nitrogen and oxygen atoms in total. The molecule has 1 heterocycles. The molecule has 1 fully saturated rings. The maximum absolute atomic E-state index is 11.4. The Kier molecular flexibility index (Phi) is 6.82. The van der Waals surface area contributed by atoms with Crippen LogP contribution in [0.5, 0.6) is 0 Å². The third-order valence-corrected chi connectivity index (χ3v) is 3.21. The highest BCUT2D eigenvalue weighted by molar-refractivity contribution is 6.27. The van der Waals surface area contributed by atoms with Crippen LogP contribution < -0.4 is 10.6 Å². The summed E-state index contributed by atoms with van der Waals surface area (Å²) in [5, 5.41) is 5.37. The lowest BCUT2D eigenvalue weighted by atomic mass is 10.3. The van der Waals surface area contributed by atoms with Gasteiger partial charge in [0, 0.05) is 39.8 Å². The summed E-state index contributed by atoms with van der Waals surface area (Å²) >= 11 is 5.37. The predicted octanol–water partition coefficient (Wildman–Crippen LogP) is -0.311. The van der Waals surface area contributed by atoms with E-state index < -0.39 is 0 Å². The SMILES string of the molecule is CNC(=O)N1CCN(CCCNC(=O)CCl)CC1. The molecule has 7 heteroatoms. The fraction of sp³-hybridized carbons (Fsp3) is 0.818. The van der Waals surface area contributed by atoms with Crippen molar-refractivity contribution in [2.45, 2.75) is 6.42 Å². The number of nitrogens with zero attached hydrogens (tertiary/aromatic N) is 2. The second-order valence-electron chi connectivity index (χ2n) is 4.22. The van der Waals surface area contributed by atoms with Gasteiger partial charge in [-0.15, -0.1) is 11.6 Å². The normalized spacial score (nSPS) is 16.4. The Labute approximate surface area is 113 Å². The quantitative estimate of drug-likeness (QED) is 0.535. The summed E-state index contributed by atoms with van der Waals surface area (Å²) in [6.45, 7) is 4.88. The lowest BCUT2D eigenvalue weighted by molar-refractivity contribution is -0.118. The molecule has 0 saturated carbocycles. The van der Waals surface area contributed by atoms with Crippen LogP contribution >= 0.6 is 11.6 Å². The number of amides is 3. The molecule has 3 amide bonds. The van der Waals surface area contributed by atoms with Crippen molar-refractivity contribution in [1.29, 1.82) is 0 Å². The number of halogens is 1. The number of carbonyl (C=O) groups excluding carboxylic acids is 2. The van der Waals surface area contributed by atoms with Crippen molar-refractivity contribution < 1.29 is 9.59 Å². The first-order valence-electron chi connectivity index (χ1n) is 6.19. The molecule has 0 unspecified atom stereocenters. The first kappa shape index (κ1) is 15.0. The highest BCUT2D eigenvalue weighted by Crippen LogP contribution is 2.02. The van der Waals surface area contributed by atoms with Crippen molar-refractivity contribution in [2.75, 3.05) is 52.2 Å². The molecule has 1 aliphatic rings. The van der Waals surface area contributed by atoms with Gasteiger partial charge in [0.2, 0.25) is 5.91 Å². The van der Waals surface area contributed by atoms with Gasteiger partial charge < -0.3 is 15.5 Å². The molecule has 18 heavy (non-hydrogen) atoms. The number of carbonyl (C=O) groups is 2. The molecule has 0 aliphatic carbocycles. The van der Waals surface area contributed by atoms with Gasteiger partial charge in [0.25, 0.3) is 0 Å². The summed E-state index contributed by atoms with van der Waals surface area (Å²) in [6.07, 6.45) is 0.905. The summed E-state index contributed by atoms with van der Waals surface area (Å²) in [5.74, 6) is -0.105. The van der Waals surface area contributed by atoms with Crippen molar-refractivity contribution in [2.24, 2.45) is 0 Å². The van der Waals surface area contributed by atoms with Gasteiger partial charge in [0.05, 0.1) is 0 Å². The van der Waals surface area contributed by atoms with Gasteiger partial charge in [-0.2, -0.15) is 0 Å². The van der Waals surface area contributed by atoms with Gasteiger partial charge in [-0.25, -0.2) is 4.79 Å². The Morgan fingerprint density at radius 3 is 2.44 bits per heavy atom. The molecule has 0 aromatic rings. The van der Waals surface area contributed by atoms with E-state index in [1.807, 2.05) is 4.90 Å². The van der Waals surface area contributed by atoms with Crippen molar-refractivity contribution in [1.82, 2.24) is 20.4 Å². The Morgan fingerprint density at radius 1 is 1.22 bits per heavy atom. The van der Waals surface area contributed by atoms with Crippen molar-refractivity contribution in [3.05, 3.63) is 0 Å². The van der Waals surface area contributed by atoms with E-state index in [9.17, 15) is 9.59 Å². The summed E-state index contributed by atoms with van der Waals surface area (Å²) in [7, 11) is 1.65. The third-order valence-electron chi connectivity index (χ3n) is 2.97. The van der Waals surface area contributed by atoms with E-state index in [-0.39, 0.29) is 17.8 Å². The molecule has 1 saturated heterocycles. The lowest BCUT2D eigenvalue weighted by Crippen LogP contribution is -2.51. The number of piperazine rings is 1. The third kappa shape index (κ3) is 5.10. The standard InChI is InChI=1S/C11H21ClN4O2/c1-13-11(18)16-7-5-15(6-8-16)4-2-3-14-10(17)9-12/h2-9H2,1H3,(H,13,18)(H,14,17). The van der Waals surface area contributed by atoms with E-state index in [0.29, 0.717) is 6.54 Å². The molecule has 0 aromatic heterocycles. The maximum Gasteiger partial charge on any atom is 0.317 e. The molecule has 1 rings (SSSR count). The van der Waals surface area contributed by atoms with Crippen LogP contribution in [0.2, 0.25) is 0 Å². The lowest BCUT2D eigenvalue weighted by Gasteiger charge is -2.34. The average molecular weight is 277 g/mol. The van der Waals surface area contributed by atoms with Crippen LogP contribution in [0.25, 0.3) is 0 Å². The minimum absolute atomic E-state index is 0.0102. The molecule has 0 spiro atoms. The molecule has 0 aromatic carbocycles. The van der Waals surface area contributed by atoms with E-state index in [0.717, 1.165) is 39.1 Å². The maximum atomic E-state index is 11.4. The molecule has 0 bridgehead atoms. The minimum atomic E-state index is -0.124. The second-order valence-corrected chi connectivity index (χ2v) is 4.49. The van der Waals surface area contributed by atoms with Crippen LogP contribution in [0.1, 0.15) is 6.42 Å². The van der Waals surface area contributed by atoms with E-state index in [2.05, 4.69) is 15.5 Å². The zero-order chi connectivity index (χ0) is 13.4. The van der Waals surface area contributed by atoms with E-state index in [1.54, 1.807) is 7.05 Å². The zero-order valence-electron chi connectivity index (χ0n) is 10.7. The Bertz CT molecular complexity index is 280. The zero-order valence-corrected chi connectivity index (χ0v) is 11.5. The summed E-state index contributed by atoms with van der Waals surface area (Å²) in [5.41, 5.74) is 0. The molecular weight excluding hydrogens is 256 g/mol. The van der Waals surface area contributed by atoms with Crippen LogP contribution in [-0.2, 0) is 4.79 Å². The van der Waals surface area contributed by atoms with Crippen molar-refractivity contribution in [3.63, 3.8) is 0 Å². The number of hydrogen-bond donors (Lipinski definition) is 2. The fourth-order valence-corrected chi connectivity index (χ4v) is 2.00. The van der Waals surface area contributed by atoms with Gasteiger partial charge >= 0.3 is 6.03 Å². The van der Waals surface area contributed by atoms with Crippen LogP contribution in [0.3, 0.4) is 0 Å². The molecular formula is C11H21ClN4O2. The molecule has 104 valence electrons. The van der Waals surface area contributed by atoms with Gasteiger partial charge in [-0.05, 0) is 13.0 Å². The first-order valence-corrected chi connectivity index (χ1v) is 6.72. The van der Waals surface area contributed by atoms with E-state index in [1.165, 1.54) is 0 Å². The van der Waals surface area contributed by atoms with Gasteiger partial charge in [0.15, 0.2) is 0 Å². The van der Waals surface area contributed by atoms with Crippen LogP contribution in [-0.4, -0.2) is 73.9 Å². The summed E-state index contributed by atoms with van der Waals surface area (Å²) in [4.78, 5) is 26.4. The first-order chi connectivity index (χ1) is 8.67. The highest BCUT2D eigenvalue weighted by atomic mass is 35.5. The number of nitrogens with one attached hydrogen (secondary N) is 2. The van der Waals surface area contributed by atoms with Crippen LogP contribution in [0.15, 0.2) is 0 Å². The topological polar surface area (TPSA) is 64.7 Å². The van der Waals surface area contributed by atoms with E-state index >= 15 is 0 Å². The Hall–Kier alpha value is -1.01. The summed E-state index contributed by atoms with van der Waals surface area (Å²) < 4.78 is 0. The molecule has 1 aliphatic heterocycles. The molecule has 2 N–H and O–H groups in total. The van der Waals surface area contributed by atoms with Crippen molar-refractivity contribution in [3.8, 4) is 0 Å². The smallest absolute Gasteiger partial charge is 0.317 e. The molecule has 0 atom stereocenters. The van der Waals surface area contributed by atoms with Crippen molar-refractivity contribution >= 4 is 23.5 Å². The summed E-state index contributed by atoms with van der Waals surface area (Å²) in [6, 6.07) is -0.0102. The monoisotopic (exact) mass is 276 g/mol. The molecule has 0 radical (unpaired) electrons. The highest BCUT2D eigenvalue weighted by Gasteiger charge is 2.19. The number of hydrogen-bond acceptors (Lipinski definition) is 3. The van der Waals surface area contributed by atoms with Gasteiger partial charge in [-0.3, -0.25) is 9.69 Å². The minimum Gasteiger partial charge on any atom is -0.355 e. The van der Waals surface area contributed by atoms with Crippen LogP contribution in [0, 0.1) is 0 Å². The van der Waals surface area contributed by atoms with Gasteiger partial charge in [0.1, 0.15) is 5.88 Å². The largest absolute Gasteiger partial charge is 0.355 e. The van der Waals surface area contributed by atoms with Crippen LogP contribution in [0.4, 0.5) is 4.79 Å². The van der Waals surface area contributed by atoms with E-state index in [4.69, 9.17) is 11.6 Å². The number of urea groups is 1. The Morgan fingerprint density at radius 2 is 1.89 bits per heavy atom. The predicted molar refractivity (Wildman–Crippen MR) is 70.8 cm³/mol. The Balaban J connectivity index is 2.09. The fourth-order valence-electron chi connectivity index (χ4n) is 1.91. The number of alkyl halides is 1.